The fraction of sp³-hybridized carbons (Fsp3) is 0.500. The molecular formula is C16H23N3O2. The predicted molar refractivity (Wildman–Crippen MR) is 83.4 cm³/mol. The van der Waals surface area contributed by atoms with Gasteiger partial charge in [-0.15, -0.1) is 0 Å². The van der Waals surface area contributed by atoms with Crippen LogP contribution in [0.25, 0.3) is 0 Å². The predicted octanol–water partition coefficient (Wildman–Crippen LogP) is 1.55. The maximum absolute atomic E-state index is 12.2. The molecule has 1 aromatic carbocycles. The van der Waals surface area contributed by atoms with Crippen molar-refractivity contribution in [1.29, 1.82) is 0 Å². The van der Waals surface area contributed by atoms with E-state index in [9.17, 15) is 9.59 Å². The maximum atomic E-state index is 12.2. The van der Waals surface area contributed by atoms with Crippen LogP contribution < -0.4 is 16.0 Å². The second kappa shape index (κ2) is 7.11. The van der Waals surface area contributed by atoms with Gasteiger partial charge in [0.05, 0.1) is 6.54 Å². The third-order valence-corrected chi connectivity index (χ3v) is 3.46. The standard InChI is InChI=1S/C16H23N3O2/c1-11(2)9-18-15(20)10-19-16(21)13-5-3-7-14-12(13)6-4-8-17-14/h3,5,7,11,17H,4,6,8-10H2,1-2H3,(H,18,20)(H,19,21). The molecule has 0 radical (unpaired) electrons. The van der Waals surface area contributed by atoms with Crippen molar-refractivity contribution in [2.24, 2.45) is 5.92 Å². The highest BCUT2D eigenvalue weighted by Gasteiger charge is 2.17. The number of fused-ring (bicyclic) bond motifs is 1. The highest BCUT2D eigenvalue weighted by Crippen LogP contribution is 2.25. The van der Waals surface area contributed by atoms with Crippen molar-refractivity contribution >= 4 is 17.5 Å². The van der Waals surface area contributed by atoms with Crippen molar-refractivity contribution < 1.29 is 9.59 Å². The van der Waals surface area contributed by atoms with Gasteiger partial charge in [-0.25, -0.2) is 0 Å². The van der Waals surface area contributed by atoms with Crippen LogP contribution in [0.5, 0.6) is 0 Å². The molecule has 0 spiro atoms. The van der Waals surface area contributed by atoms with Crippen LogP contribution in [-0.2, 0) is 11.2 Å². The Hall–Kier alpha value is -2.04. The Bertz CT molecular complexity index is 526. The van der Waals surface area contributed by atoms with Crippen LogP contribution >= 0.6 is 0 Å². The van der Waals surface area contributed by atoms with E-state index in [-0.39, 0.29) is 18.4 Å². The van der Waals surface area contributed by atoms with Crippen molar-refractivity contribution in [3.05, 3.63) is 29.3 Å². The molecule has 0 saturated carbocycles. The molecule has 0 unspecified atom stereocenters. The van der Waals surface area contributed by atoms with E-state index < -0.39 is 0 Å². The maximum Gasteiger partial charge on any atom is 0.252 e. The average molecular weight is 289 g/mol. The number of hydrogen-bond acceptors (Lipinski definition) is 3. The lowest BCUT2D eigenvalue weighted by atomic mass is 9.97. The van der Waals surface area contributed by atoms with Gasteiger partial charge in [-0.3, -0.25) is 9.59 Å². The quantitative estimate of drug-likeness (QED) is 0.770. The largest absolute Gasteiger partial charge is 0.385 e. The lowest BCUT2D eigenvalue weighted by Gasteiger charge is -2.20. The van der Waals surface area contributed by atoms with Crippen LogP contribution in [0, 0.1) is 5.92 Å². The first-order valence-electron chi connectivity index (χ1n) is 7.48. The van der Waals surface area contributed by atoms with Gasteiger partial charge in [0.2, 0.25) is 5.91 Å². The monoisotopic (exact) mass is 289 g/mol. The second-order valence-electron chi connectivity index (χ2n) is 5.74. The summed E-state index contributed by atoms with van der Waals surface area (Å²) in [6.07, 6.45) is 1.91. The van der Waals surface area contributed by atoms with Crippen molar-refractivity contribution in [3.8, 4) is 0 Å². The summed E-state index contributed by atoms with van der Waals surface area (Å²) in [4.78, 5) is 23.9. The Labute approximate surface area is 125 Å². The molecule has 3 N–H and O–H groups in total. The van der Waals surface area contributed by atoms with Gasteiger partial charge in [0.25, 0.3) is 5.91 Å². The summed E-state index contributed by atoms with van der Waals surface area (Å²) < 4.78 is 0. The van der Waals surface area contributed by atoms with Gasteiger partial charge in [0, 0.05) is 24.3 Å². The van der Waals surface area contributed by atoms with Crippen LogP contribution in [-0.4, -0.2) is 31.4 Å². The van der Waals surface area contributed by atoms with Crippen molar-refractivity contribution in [2.75, 3.05) is 25.0 Å². The van der Waals surface area contributed by atoms with Crippen LogP contribution in [0.1, 0.15) is 36.2 Å². The molecule has 0 aromatic heterocycles. The highest BCUT2D eigenvalue weighted by atomic mass is 16.2. The fourth-order valence-electron chi connectivity index (χ4n) is 2.36. The number of anilines is 1. The van der Waals surface area contributed by atoms with E-state index >= 15 is 0 Å². The van der Waals surface area contributed by atoms with E-state index in [2.05, 4.69) is 16.0 Å². The second-order valence-corrected chi connectivity index (χ2v) is 5.74. The topological polar surface area (TPSA) is 70.2 Å². The molecule has 5 nitrogen and oxygen atoms in total. The highest BCUT2D eigenvalue weighted by molar-refractivity contribution is 5.99. The zero-order valence-corrected chi connectivity index (χ0v) is 12.7. The van der Waals surface area contributed by atoms with Gasteiger partial charge < -0.3 is 16.0 Å². The number of carbonyl (C=O) groups is 2. The van der Waals surface area contributed by atoms with E-state index in [4.69, 9.17) is 0 Å². The Morgan fingerprint density at radius 2 is 2.10 bits per heavy atom. The first-order chi connectivity index (χ1) is 10.1. The Morgan fingerprint density at radius 1 is 1.29 bits per heavy atom. The molecule has 0 aliphatic carbocycles. The minimum atomic E-state index is -0.185. The molecule has 5 heteroatoms. The Kier molecular flexibility index (Phi) is 5.20. The number of nitrogens with one attached hydrogen (secondary N) is 3. The van der Waals surface area contributed by atoms with Gasteiger partial charge in [0.15, 0.2) is 0 Å². The summed E-state index contributed by atoms with van der Waals surface area (Å²) in [7, 11) is 0. The number of hydrogen-bond donors (Lipinski definition) is 3. The van der Waals surface area contributed by atoms with Crippen molar-refractivity contribution in [2.45, 2.75) is 26.7 Å². The Morgan fingerprint density at radius 3 is 2.86 bits per heavy atom. The smallest absolute Gasteiger partial charge is 0.252 e. The van der Waals surface area contributed by atoms with Crippen LogP contribution in [0.15, 0.2) is 18.2 Å². The molecule has 1 heterocycles. The summed E-state index contributed by atoms with van der Waals surface area (Å²) in [5.41, 5.74) is 2.73. The normalized spacial score (nSPS) is 13.3. The number of benzene rings is 1. The average Bonchev–Trinajstić information content (AvgIpc) is 2.50. The lowest BCUT2D eigenvalue weighted by molar-refractivity contribution is -0.120. The molecule has 1 aromatic rings. The molecular weight excluding hydrogens is 266 g/mol. The Balaban J connectivity index is 1.93. The van der Waals surface area contributed by atoms with E-state index in [1.54, 1.807) is 0 Å². The van der Waals surface area contributed by atoms with E-state index in [0.29, 0.717) is 18.0 Å². The van der Waals surface area contributed by atoms with Crippen molar-refractivity contribution in [1.82, 2.24) is 10.6 Å². The van der Waals surface area contributed by atoms with Crippen molar-refractivity contribution in [3.63, 3.8) is 0 Å². The van der Waals surface area contributed by atoms with E-state index in [1.807, 2.05) is 32.0 Å². The number of amides is 2. The van der Waals surface area contributed by atoms with Gasteiger partial charge >= 0.3 is 0 Å². The molecule has 2 amide bonds. The van der Waals surface area contributed by atoms with Gasteiger partial charge in [-0.05, 0) is 36.5 Å². The van der Waals surface area contributed by atoms with Crippen LogP contribution in [0.2, 0.25) is 0 Å². The molecule has 1 aliphatic heterocycles. The minimum absolute atomic E-state index is 0.0165. The number of carbonyl (C=O) groups excluding carboxylic acids is 2. The van der Waals surface area contributed by atoms with E-state index in [0.717, 1.165) is 30.6 Å². The van der Waals surface area contributed by atoms with Crippen LogP contribution in [0.4, 0.5) is 5.69 Å². The summed E-state index contributed by atoms with van der Waals surface area (Å²) >= 11 is 0. The zero-order chi connectivity index (χ0) is 15.2. The third kappa shape index (κ3) is 4.21. The lowest BCUT2D eigenvalue weighted by Crippen LogP contribution is -2.38. The first-order valence-corrected chi connectivity index (χ1v) is 7.48. The minimum Gasteiger partial charge on any atom is -0.385 e. The molecule has 0 atom stereocenters. The molecule has 0 saturated heterocycles. The summed E-state index contributed by atoms with van der Waals surface area (Å²) in [5.74, 6) is 0.0621. The summed E-state index contributed by atoms with van der Waals surface area (Å²) in [6.45, 7) is 5.64. The molecule has 21 heavy (non-hydrogen) atoms. The first kappa shape index (κ1) is 15.4. The molecule has 0 bridgehead atoms. The zero-order valence-electron chi connectivity index (χ0n) is 12.7. The fourth-order valence-corrected chi connectivity index (χ4v) is 2.36. The SMILES string of the molecule is CC(C)CNC(=O)CNC(=O)c1cccc2c1CCCN2. The van der Waals surface area contributed by atoms with Crippen LogP contribution in [0.3, 0.4) is 0 Å². The van der Waals surface area contributed by atoms with Gasteiger partial charge in [-0.2, -0.15) is 0 Å². The third-order valence-electron chi connectivity index (χ3n) is 3.46. The van der Waals surface area contributed by atoms with Gasteiger partial charge in [-0.1, -0.05) is 19.9 Å². The summed E-state index contributed by atoms with van der Waals surface area (Å²) in [5, 5.41) is 8.78. The molecule has 2 rings (SSSR count). The number of rotatable bonds is 5. The summed E-state index contributed by atoms with van der Waals surface area (Å²) in [6, 6.07) is 5.67. The molecule has 114 valence electrons. The molecule has 1 aliphatic rings. The van der Waals surface area contributed by atoms with E-state index in [1.165, 1.54) is 0 Å². The molecule has 0 fully saturated rings. The van der Waals surface area contributed by atoms with Gasteiger partial charge in [0.1, 0.15) is 0 Å².